The molecule has 0 radical (unpaired) electrons. The fourth-order valence-electron chi connectivity index (χ4n) is 2.19. The topological polar surface area (TPSA) is 50.4 Å². The number of hydrogen-bond acceptors (Lipinski definition) is 4. The van der Waals surface area contributed by atoms with E-state index in [1.54, 1.807) is 11.3 Å². The summed E-state index contributed by atoms with van der Waals surface area (Å²) in [6.45, 7) is 6.35. The molecule has 0 saturated carbocycles. The molecule has 0 fully saturated rings. The van der Waals surface area contributed by atoms with Crippen molar-refractivity contribution in [3.8, 4) is 0 Å². The highest BCUT2D eigenvalue weighted by atomic mass is 32.1. The molecular formula is C14H18N2O2S2. The third kappa shape index (κ3) is 3.19. The average molecular weight is 310 g/mol. The minimum atomic E-state index is -0.297. The van der Waals surface area contributed by atoms with Gasteiger partial charge in [-0.2, -0.15) is 0 Å². The van der Waals surface area contributed by atoms with Gasteiger partial charge in [0, 0.05) is 11.4 Å². The summed E-state index contributed by atoms with van der Waals surface area (Å²) in [5.41, 5.74) is 2.76. The van der Waals surface area contributed by atoms with Crippen LogP contribution in [0, 0.1) is 0 Å². The van der Waals surface area contributed by atoms with E-state index in [1.807, 2.05) is 6.92 Å². The molecule has 1 heterocycles. The smallest absolute Gasteiger partial charge is 0.341 e. The average Bonchev–Trinajstić information content (AvgIpc) is 2.95. The lowest BCUT2D eigenvalue weighted by Crippen LogP contribution is -2.29. The largest absolute Gasteiger partial charge is 0.465 e. The zero-order valence-electron chi connectivity index (χ0n) is 11.7. The van der Waals surface area contributed by atoms with Gasteiger partial charge in [-0.05, 0) is 44.0 Å². The molecule has 1 aromatic rings. The fraction of sp³-hybridized carbons (Fsp3) is 0.429. The molecule has 0 aromatic carbocycles. The lowest BCUT2D eigenvalue weighted by molar-refractivity contribution is 0.0601. The van der Waals surface area contributed by atoms with Crippen LogP contribution in [0.15, 0.2) is 12.2 Å². The summed E-state index contributed by atoms with van der Waals surface area (Å²) >= 11 is 6.83. The SMILES string of the molecule is C=C(C)CNC(=S)Nc1sc2c(c1C(=O)OC)CCC2. The monoisotopic (exact) mass is 310 g/mol. The van der Waals surface area contributed by atoms with Crippen LogP contribution in [0.2, 0.25) is 0 Å². The second kappa shape index (κ2) is 6.37. The molecule has 0 atom stereocenters. The van der Waals surface area contributed by atoms with E-state index in [9.17, 15) is 4.79 Å². The molecule has 0 spiro atoms. The summed E-state index contributed by atoms with van der Waals surface area (Å²) in [5, 5.41) is 7.44. The normalized spacial score (nSPS) is 12.7. The van der Waals surface area contributed by atoms with Crippen LogP contribution in [0.3, 0.4) is 0 Å². The van der Waals surface area contributed by atoms with Crippen LogP contribution in [0.1, 0.15) is 34.1 Å². The molecule has 1 aliphatic rings. The van der Waals surface area contributed by atoms with E-state index in [0.29, 0.717) is 17.2 Å². The Labute approximate surface area is 128 Å². The summed E-state index contributed by atoms with van der Waals surface area (Å²) < 4.78 is 4.89. The van der Waals surface area contributed by atoms with Gasteiger partial charge >= 0.3 is 5.97 Å². The summed E-state index contributed by atoms with van der Waals surface area (Å²) in [6, 6.07) is 0. The Hall–Kier alpha value is -1.40. The predicted molar refractivity (Wildman–Crippen MR) is 86.7 cm³/mol. The standard InChI is InChI=1S/C14H18N2O2S2/c1-8(2)7-15-14(19)16-12-11(13(17)18-3)9-5-4-6-10(9)20-12/h1,4-7H2,2-3H3,(H2,15,16,19). The molecule has 20 heavy (non-hydrogen) atoms. The van der Waals surface area contributed by atoms with Crippen LogP contribution in [0.4, 0.5) is 5.00 Å². The number of ether oxygens (including phenoxy) is 1. The Balaban J connectivity index is 2.17. The van der Waals surface area contributed by atoms with Crippen LogP contribution in [-0.4, -0.2) is 24.7 Å². The van der Waals surface area contributed by atoms with Crippen LogP contribution < -0.4 is 10.6 Å². The van der Waals surface area contributed by atoms with Gasteiger partial charge in [0.1, 0.15) is 5.00 Å². The summed E-state index contributed by atoms with van der Waals surface area (Å²) in [7, 11) is 1.41. The molecule has 108 valence electrons. The van der Waals surface area contributed by atoms with E-state index >= 15 is 0 Å². The summed E-state index contributed by atoms with van der Waals surface area (Å²) in [5.74, 6) is -0.297. The first-order valence-corrected chi connectivity index (χ1v) is 7.67. The van der Waals surface area contributed by atoms with E-state index in [2.05, 4.69) is 17.2 Å². The van der Waals surface area contributed by atoms with Gasteiger partial charge < -0.3 is 15.4 Å². The minimum Gasteiger partial charge on any atom is -0.465 e. The van der Waals surface area contributed by atoms with Crippen LogP contribution in [0.5, 0.6) is 0 Å². The van der Waals surface area contributed by atoms with Crippen LogP contribution >= 0.6 is 23.6 Å². The number of carbonyl (C=O) groups is 1. The molecule has 6 heteroatoms. The number of aryl methyl sites for hydroxylation is 1. The van der Waals surface area contributed by atoms with Gasteiger partial charge in [-0.3, -0.25) is 0 Å². The maximum atomic E-state index is 12.0. The highest BCUT2D eigenvalue weighted by molar-refractivity contribution is 7.80. The Bertz CT molecular complexity index is 564. The van der Waals surface area contributed by atoms with Crippen molar-refractivity contribution in [2.24, 2.45) is 0 Å². The molecule has 0 bridgehead atoms. The molecule has 2 N–H and O–H groups in total. The van der Waals surface area contributed by atoms with Gasteiger partial charge in [0.2, 0.25) is 0 Å². The number of rotatable bonds is 4. The highest BCUT2D eigenvalue weighted by Gasteiger charge is 2.27. The number of carbonyl (C=O) groups excluding carboxylic acids is 1. The van der Waals surface area contributed by atoms with Crippen molar-refractivity contribution in [1.29, 1.82) is 0 Å². The van der Waals surface area contributed by atoms with E-state index in [-0.39, 0.29) is 5.97 Å². The molecule has 2 rings (SSSR count). The third-order valence-corrected chi connectivity index (χ3v) is 4.54. The molecule has 0 saturated heterocycles. The van der Waals surface area contributed by atoms with E-state index in [0.717, 1.165) is 35.4 Å². The maximum absolute atomic E-state index is 12.0. The van der Waals surface area contributed by atoms with Gasteiger partial charge in [0.05, 0.1) is 12.7 Å². The first-order chi connectivity index (χ1) is 9.52. The summed E-state index contributed by atoms with van der Waals surface area (Å²) in [4.78, 5) is 13.2. The summed E-state index contributed by atoms with van der Waals surface area (Å²) in [6.07, 6.45) is 3.06. The Morgan fingerprint density at radius 2 is 2.25 bits per heavy atom. The molecule has 0 amide bonds. The van der Waals surface area contributed by atoms with Gasteiger partial charge in [-0.1, -0.05) is 12.2 Å². The second-order valence-corrected chi connectivity index (χ2v) is 6.33. The van der Waals surface area contributed by atoms with Crippen molar-refractivity contribution in [2.45, 2.75) is 26.2 Å². The highest BCUT2D eigenvalue weighted by Crippen LogP contribution is 2.39. The first-order valence-electron chi connectivity index (χ1n) is 6.45. The van der Waals surface area contributed by atoms with E-state index < -0.39 is 0 Å². The van der Waals surface area contributed by atoms with Crippen molar-refractivity contribution in [3.63, 3.8) is 0 Å². The molecule has 1 aromatic heterocycles. The molecule has 0 aliphatic heterocycles. The second-order valence-electron chi connectivity index (χ2n) is 4.82. The van der Waals surface area contributed by atoms with Crippen LogP contribution in [-0.2, 0) is 17.6 Å². The third-order valence-electron chi connectivity index (χ3n) is 3.09. The van der Waals surface area contributed by atoms with Gasteiger partial charge in [-0.25, -0.2) is 4.79 Å². The minimum absolute atomic E-state index is 0.297. The van der Waals surface area contributed by atoms with Crippen molar-refractivity contribution in [3.05, 3.63) is 28.2 Å². The number of thiophene rings is 1. The molecule has 4 nitrogen and oxygen atoms in total. The Morgan fingerprint density at radius 1 is 1.50 bits per heavy atom. The fourth-order valence-corrected chi connectivity index (χ4v) is 3.71. The Morgan fingerprint density at radius 3 is 2.90 bits per heavy atom. The maximum Gasteiger partial charge on any atom is 0.341 e. The van der Waals surface area contributed by atoms with Gasteiger partial charge in [0.25, 0.3) is 0 Å². The molecule has 1 aliphatic carbocycles. The van der Waals surface area contributed by atoms with Crippen LogP contribution in [0.25, 0.3) is 0 Å². The molecule has 0 unspecified atom stereocenters. The quantitative estimate of drug-likeness (QED) is 0.509. The van der Waals surface area contributed by atoms with E-state index in [4.69, 9.17) is 17.0 Å². The zero-order valence-corrected chi connectivity index (χ0v) is 13.3. The van der Waals surface area contributed by atoms with Gasteiger partial charge in [-0.15, -0.1) is 11.3 Å². The van der Waals surface area contributed by atoms with Gasteiger partial charge in [0.15, 0.2) is 5.11 Å². The number of hydrogen-bond donors (Lipinski definition) is 2. The predicted octanol–water partition coefficient (Wildman–Crippen LogP) is 2.89. The van der Waals surface area contributed by atoms with Crippen molar-refractivity contribution in [1.82, 2.24) is 5.32 Å². The van der Waals surface area contributed by atoms with Crippen molar-refractivity contribution >= 4 is 39.6 Å². The number of fused-ring (bicyclic) bond motifs is 1. The number of nitrogens with one attached hydrogen (secondary N) is 2. The van der Waals surface area contributed by atoms with Crippen molar-refractivity contribution < 1.29 is 9.53 Å². The number of thiocarbonyl (C=S) groups is 1. The Kier molecular flexibility index (Phi) is 4.77. The first kappa shape index (κ1) is 15.0. The molecular weight excluding hydrogens is 292 g/mol. The lowest BCUT2D eigenvalue weighted by atomic mass is 10.1. The number of methoxy groups -OCH3 is 1. The number of anilines is 1. The zero-order chi connectivity index (χ0) is 14.7. The number of esters is 1. The lowest BCUT2D eigenvalue weighted by Gasteiger charge is -2.10. The van der Waals surface area contributed by atoms with E-state index in [1.165, 1.54) is 12.0 Å². The van der Waals surface area contributed by atoms with Crippen molar-refractivity contribution in [2.75, 3.05) is 19.0 Å².